The summed E-state index contributed by atoms with van der Waals surface area (Å²) in [6, 6.07) is 9.11. The zero-order valence-corrected chi connectivity index (χ0v) is 17.6. The van der Waals surface area contributed by atoms with Crippen molar-refractivity contribution >= 4 is 45.2 Å². The Balaban J connectivity index is 1.46. The third-order valence-corrected chi connectivity index (χ3v) is 5.33. The summed E-state index contributed by atoms with van der Waals surface area (Å²) < 4.78 is 8.00. The molecule has 3 aromatic rings. The predicted molar refractivity (Wildman–Crippen MR) is 110 cm³/mol. The summed E-state index contributed by atoms with van der Waals surface area (Å²) in [5.74, 6) is 0.746. The second kappa shape index (κ2) is 9.07. The highest BCUT2D eigenvalue weighted by atomic mass is 79.9. The molecule has 2 N–H and O–H groups in total. The maximum Gasteiger partial charge on any atom is 0.243 e. The second-order valence-electron chi connectivity index (χ2n) is 5.92. The molecule has 0 radical (unpaired) electrons. The molecule has 0 spiro atoms. The summed E-state index contributed by atoms with van der Waals surface area (Å²) in [5.41, 5.74) is 1.64. The topological polar surface area (TPSA) is 102 Å². The molecule has 28 heavy (non-hydrogen) atoms. The molecule has 1 aromatic carbocycles. The number of rotatable bonds is 7. The van der Waals surface area contributed by atoms with Crippen LogP contribution < -0.4 is 10.6 Å². The van der Waals surface area contributed by atoms with E-state index in [4.69, 9.17) is 4.42 Å². The predicted octanol–water partition coefficient (Wildman–Crippen LogP) is 2.99. The zero-order valence-electron chi connectivity index (χ0n) is 15.2. The molecule has 10 heteroatoms. The first-order valence-corrected chi connectivity index (χ1v) is 10.1. The Hall–Kier alpha value is -2.59. The number of amides is 2. The van der Waals surface area contributed by atoms with Gasteiger partial charge in [0.15, 0.2) is 16.7 Å². The van der Waals surface area contributed by atoms with E-state index in [0.717, 1.165) is 10.0 Å². The number of nitrogens with one attached hydrogen (secondary N) is 2. The monoisotopic (exact) mass is 463 g/mol. The average molecular weight is 464 g/mol. The Morgan fingerprint density at radius 3 is 2.79 bits per heavy atom. The Morgan fingerprint density at radius 2 is 2.07 bits per heavy atom. The first-order valence-electron chi connectivity index (χ1n) is 8.33. The third-order valence-electron chi connectivity index (χ3n) is 3.82. The molecule has 3 rings (SSSR count). The van der Waals surface area contributed by atoms with Crippen LogP contribution in [0.4, 0.5) is 5.69 Å². The van der Waals surface area contributed by atoms with Crippen molar-refractivity contribution in [3.8, 4) is 11.6 Å². The van der Waals surface area contributed by atoms with Gasteiger partial charge in [-0.15, -0.1) is 10.2 Å². The van der Waals surface area contributed by atoms with Crippen LogP contribution in [0, 0.1) is 6.92 Å². The summed E-state index contributed by atoms with van der Waals surface area (Å²) in [6.07, 6.45) is 1.56. The highest BCUT2D eigenvalue weighted by Gasteiger charge is 2.15. The van der Waals surface area contributed by atoms with Crippen molar-refractivity contribution in [1.82, 2.24) is 20.1 Å². The van der Waals surface area contributed by atoms with E-state index < -0.39 is 0 Å². The quantitative estimate of drug-likeness (QED) is 0.522. The van der Waals surface area contributed by atoms with Gasteiger partial charge in [-0.05, 0) is 42.8 Å². The Bertz CT molecular complexity index is 987. The number of benzene rings is 1. The molecule has 0 aliphatic rings. The first-order chi connectivity index (χ1) is 13.4. The summed E-state index contributed by atoms with van der Waals surface area (Å²) in [7, 11) is 1.80. The molecule has 0 aliphatic heterocycles. The number of thioether (sulfide) groups is 1. The summed E-state index contributed by atoms with van der Waals surface area (Å²) in [6.45, 7) is 1.79. The van der Waals surface area contributed by atoms with E-state index in [-0.39, 0.29) is 24.1 Å². The van der Waals surface area contributed by atoms with Gasteiger partial charge in [0.05, 0.1) is 18.6 Å². The van der Waals surface area contributed by atoms with Gasteiger partial charge in [0.2, 0.25) is 11.8 Å². The van der Waals surface area contributed by atoms with Crippen LogP contribution in [0.2, 0.25) is 0 Å². The summed E-state index contributed by atoms with van der Waals surface area (Å²) in [4.78, 5) is 24.1. The number of nitrogens with zero attached hydrogens (tertiary/aromatic N) is 3. The molecule has 0 aliphatic carbocycles. The SMILES string of the molecule is Cc1cc(Br)ccc1NC(=O)CNC(=O)CSc1nnc(-c2ccco2)n1C. The molecular formula is C18H18BrN5O3S. The zero-order chi connectivity index (χ0) is 20.1. The Kier molecular flexibility index (Phi) is 6.53. The minimum Gasteiger partial charge on any atom is -0.461 e. The van der Waals surface area contributed by atoms with E-state index in [2.05, 4.69) is 36.8 Å². The van der Waals surface area contributed by atoms with Crippen LogP contribution in [-0.4, -0.2) is 38.9 Å². The van der Waals surface area contributed by atoms with Gasteiger partial charge in [-0.3, -0.25) is 9.59 Å². The highest BCUT2D eigenvalue weighted by molar-refractivity contribution is 9.10. The summed E-state index contributed by atoms with van der Waals surface area (Å²) >= 11 is 4.61. The van der Waals surface area contributed by atoms with Crippen molar-refractivity contribution in [2.45, 2.75) is 12.1 Å². The van der Waals surface area contributed by atoms with Crippen LogP contribution >= 0.6 is 27.7 Å². The largest absolute Gasteiger partial charge is 0.461 e. The number of hydrogen-bond acceptors (Lipinski definition) is 6. The van der Waals surface area contributed by atoms with Crippen molar-refractivity contribution in [3.63, 3.8) is 0 Å². The van der Waals surface area contributed by atoms with Gasteiger partial charge in [0.1, 0.15) is 0 Å². The van der Waals surface area contributed by atoms with Crippen molar-refractivity contribution in [2.24, 2.45) is 7.05 Å². The number of halogens is 1. The molecule has 0 atom stereocenters. The lowest BCUT2D eigenvalue weighted by molar-refractivity contribution is -0.122. The minimum absolute atomic E-state index is 0.106. The fourth-order valence-corrected chi connectivity index (χ4v) is 3.60. The number of carbonyl (C=O) groups excluding carboxylic acids is 2. The molecular weight excluding hydrogens is 446 g/mol. The number of aromatic nitrogens is 3. The van der Waals surface area contributed by atoms with Crippen molar-refractivity contribution < 1.29 is 14.0 Å². The van der Waals surface area contributed by atoms with Crippen molar-refractivity contribution in [3.05, 3.63) is 46.6 Å². The Morgan fingerprint density at radius 1 is 1.25 bits per heavy atom. The molecule has 0 saturated carbocycles. The van der Waals surface area contributed by atoms with E-state index in [9.17, 15) is 9.59 Å². The normalized spacial score (nSPS) is 10.7. The number of aryl methyl sites for hydroxylation is 1. The van der Waals surface area contributed by atoms with Crippen LogP contribution in [0.3, 0.4) is 0 Å². The maximum absolute atomic E-state index is 12.0. The minimum atomic E-state index is -0.289. The molecule has 0 bridgehead atoms. The maximum atomic E-state index is 12.0. The molecule has 2 heterocycles. The van der Waals surface area contributed by atoms with Crippen LogP contribution in [0.5, 0.6) is 0 Å². The van der Waals surface area contributed by atoms with E-state index in [1.165, 1.54) is 11.8 Å². The van der Waals surface area contributed by atoms with Crippen LogP contribution in [0.1, 0.15) is 5.56 Å². The lowest BCUT2D eigenvalue weighted by Crippen LogP contribution is -2.34. The summed E-state index contributed by atoms with van der Waals surface area (Å²) in [5, 5.41) is 14.1. The van der Waals surface area contributed by atoms with Crippen LogP contribution in [-0.2, 0) is 16.6 Å². The van der Waals surface area contributed by atoms with Gasteiger partial charge in [-0.2, -0.15) is 0 Å². The Labute approximate surface area is 174 Å². The average Bonchev–Trinajstić information content (AvgIpc) is 3.30. The number of hydrogen-bond donors (Lipinski definition) is 2. The van der Waals surface area contributed by atoms with Gasteiger partial charge in [0.25, 0.3) is 0 Å². The van der Waals surface area contributed by atoms with Gasteiger partial charge in [-0.1, -0.05) is 27.7 Å². The lowest BCUT2D eigenvalue weighted by Gasteiger charge is -2.09. The molecule has 0 fully saturated rings. The fourth-order valence-electron chi connectivity index (χ4n) is 2.38. The second-order valence-corrected chi connectivity index (χ2v) is 7.77. The van der Waals surface area contributed by atoms with E-state index in [1.54, 1.807) is 36.1 Å². The first kappa shape index (κ1) is 20.2. The van der Waals surface area contributed by atoms with Gasteiger partial charge in [0, 0.05) is 17.2 Å². The van der Waals surface area contributed by atoms with Crippen molar-refractivity contribution in [1.29, 1.82) is 0 Å². The van der Waals surface area contributed by atoms with Gasteiger partial charge in [-0.25, -0.2) is 0 Å². The van der Waals surface area contributed by atoms with Gasteiger partial charge < -0.3 is 19.6 Å². The van der Waals surface area contributed by atoms with E-state index in [0.29, 0.717) is 22.4 Å². The number of furan rings is 1. The molecule has 2 aromatic heterocycles. The molecule has 8 nitrogen and oxygen atoms in total. The lowest BCUT2D eigenvalue weighted by atomic mass is 10.2. The van der Waals surface area contributed by atoms with Gasteiger partial charge >= 0.3 is 0 Å². The van der Waals surface area contributed by atoms with E-state index >= 15 is 0 Å². The molecule has 0 saturated heterocycles. The van der Waals surface area contributed by atoms with E-state index in [1.807, 2.05) is 19.1 Å². The number of anilines is 1. The van der Waals surface area contributed by atoms with Crippen LogP contribution in [0.25, 0.3) is 11.6 Å². The number of carbonyl (C=O) groups is 2. The molecule has 146 valence electrons. The van der Waals surface area contributed by atoms with Crippen LogP contribution in [0.15, 0.2) is 50.6 Å². The molecule has 2 amide bonds. The molecule has 0 unspecified atom stereocenters. The third kappa shape index (κ3) is 5.02. The fraction of sp³-hybridized carbons (Fsp3) is 0.222. The van der Waals surface area contributed by atoms with Crippen molar-refractivity contribution in [2.75, 3.05) is 17.6 Å². The standard InChI is InChI=1S/C18H18BrN5O3S/c1-11-8-12(19)5-6-13(11)21-15(25)9-20-16(26)10-28-18-23-22-17(24(18)2)14-4-3-7-27-14/h3-8H,9-10H2,1-2H3,(H,20,26)(H,21,25). The smallest absolute Gasteiger partial charge is 0.243 e. The highest BCUT2D eigenvalue weighted by Crippen LogP contribution is 2.22.